The van der Waals surface area contributed by atoms with Crippen LogP contribution < -0.4 is 0 Å². The van der Waals surface area contributed by atoms with Crippen LogP contribution in [-0.2, 0) is 0 Å². The van der Waals surface area contributed by atoms with E-state index in [2.05, 4.69) is 0 Å². The van der Waals surface area contributed by atoms with Crippen LogP contribution in [0.2, 0.25) is 0 Å². The maximum absolute atomic E-state index is 9.60. The molecule has 0 aliphatic carbocycles. The van der Waals surface area contributed by atoms with Crippen molar-refractivity contribution in [2.75, 3.05) is 0 Å². The fraction of sp³-hybridized carbons (Fsp3) is 0. The molecule has 0 unspecified atom stereocenters. The summed E-state index contributed by atoms with van der Waals surface area (Å²) in [5.41, 5.74) is -7.66. The van der Waals surface area contributed by atoms with Crippen molar-refractivity contribution in [1.29, 1.82) is 0 Å². The summed E-state index contributed by atoms with van der Waals surface area (Å²) in [6.45, 7) is 0. The third-order valence-corrected chi connectivity index (χ3v) is 7.76. The number of hydrogen-bond acceptors (Lipinski definition) is 1. The van der Waals surface area contributed by atoms with E-state index < -0.39 is 280 Å². The SMILES string of the molecule is [2H]c1c([2H])c([2H])c(-c2c([2H])c([2H])c(-c3c4c([2H])c([2H])c([2H])c([2H])c4c(-c4c([2H])c([2H])c(-c5c([2H])c([2H])c6oc7c([2H])c8c([2H])c([2H])c([2H])c([2H])c8c([2H])c7c6c5[2H])c([2H])c4[2H])c4c([2H])c([2H])c([2H])c([2H])c34)c([2H])c2[2H])c([2H])c1[2H]. The van der Waals surface area contributed by atoms with Gasteiger partial charge in [-0.25, -0.2) is 0 Å². The number of fused-ring (bicyclic) bond motifs is 6. The van der Waals surface area contributed by atoms with Gasteiger partial charge in [0.25, 0.3) is 0 Å². The maximum atomic E-state index is 9.60. The molecule has 0 saturated heterocycles. The van der Waals surface area contributed by atoms with Gasteiger partial charge in [-0.3, -0.25) is 0 Å². The molecule has 1 heterocycles. The summed E-state index contributed by atoms with van der Waals surface area (Å²) in [6.07, 6.45) is 0. The summed E-state index contributed by atoms with van der Waals surface area (Å²) in [7, 11) is 0. The molecule has 0 atom stereocenters. The van der Waals surface area contributed by atoms with E-state index in [1.807, 2.05) is 0 Å². The van der Waals surface area contributed by atoms with E-state index in [-0.39, 0.29) is 0 Å². The number of furan rings is 1. The molecule has 228 valence electrons. The predicted molar refractivity (Wildman–Crippen MR) is 208 cm³/mol. The molecule has 9 aromatic carbocycles. The number of benzene rings is 9. The molecule has 0 saturated carbocycles. The monoisotopic (exact) mass is 652 g/mol. The molecule has 1 heteroatoms. The highest BCUT2D eigenvalue weighted by Crippen LogP contribution is 2.44. The minimum Gasteiger partial charge on any atom is -0.456 e. The third kappa shape index (κ3) is 4.55. The zero-order chi connectivity index (χ0) is 58.4. The average Bonchev–Trinajstić information content (AvgIpc) is 4.01. The summed E-state index contributed by atoms with van der Waals surface area (Å²) < 4.78 is 275. The molecule has 0 N–H and O–H groups in total. The Balaban J connectivity index is 1.37. The van der Waals surface area contributed by atoms with E-state index >= 15 is 0 Å². The Hall–Kier alpha value is -6.44. The molecule has 0 fully saturated rings. The van der Waals surface area contributed by atoms with E-state index in [1.165, 1.54) is 0 Å². The van der Waals surface area contributed by atoms with E-state index in [9.17, 15) is 17.8 Å². The first kappa shape index (κ1) is 11.1. The summed E-state index contributed by atoms with van der Waals surface area (Å²) in [6, 6.07) is -28.4. The average molecular weight is 653 g/mol. The second-order valence-electron chi connectivity index (χ2n) is 10.5. The third-order valence-electron chi connectivity index (χ3n) is 7.76. The van der Waals surface area contributed by atoms with Crippen LogP contribution in [0.5, 0.6) is 0 Å². The molecular formula is C48H30O. The van der Waals surface area contributed by atoms with Gasteiger partial charge < -0.3 is 4.42 Å². The molecule has 10 rings (SSSR count). The molecular weight excluding hydrogens is 593 g/mol. The quantitative estimate of drug-likeness (QED) is 0.172. The van der Waals surface area contributed by atoms with Crippen LogP contribution >= 0.6 is 0 Å². The van der Waals surface area contributed by atoms with Gasteiger partial charge in [0.2, 0.25) is 0 Å². The van der Waals surface area contributed by atoms with Gasteiger partial charge in [-0.15, -0.1) is 0 Å². The van der Waals surface area contributed by atoms with Gasteiger partial charge in [0.15, 0.2) is 0 Å². The van der Waals surface area contributed by atoms with Crippen molar-refractivity contribution < 1.29 is 45.5 Å². The second-order valence-corrected chi connectivity index (χ2v) is 10.5. The van der Waals surface area contributed by atoms with Crippen LogP contribution in [0.1, 0.15) is 41.1 Å². The van der Waals surface area contributed by atoms with E-state index in [4.69, 9.17) is 27.7 Å². The lowest BCUT2D eigenvalue weighted by Crippen LogP contribution is -1.91. The zero-order valence-electron chi connectivity index (χ0n) is 54.4. The highest BCUT2D eigenvalue weighted by Gasteiger charge is 2.17. The summed E-state index contributed by atoms with van der Waals surface area (Å²) in [5, 5.41) is -4.98. The van der Waals surface area contributed by atoms with Crippen molar-refractivity contribution in [3.05, 3.63) is 181 Å². The first-order chi connectivity index (χ1) is 36.8. The van der Waals surface area contributed by atoms with Gasteiger partial charge in [-0.1, -0.05) is 157 Å². The van der Waals surface area contributed by atoms with Gasteiger partial charge in [0, 0.05) is 10.8 Å². The second kappa shape index (κ2) is 11.1. The van der Waals surface area contributed by atoms with Crippen LogP contribution in [0, 0.1) is 0 Å². The van der Waals surface area contributed by atoms with E-state index in [0.717, 1.165) is 0 Å². The highest BCUT2D eigenvalue weighted by atomic mass is 16.3. The molecule has 0 spiro atoms. The fourth-order valence-corrected chi connectivity index (χ4v) is 5.61. The Morgan fingerprint density at radius 1 is 0.286 bits per heavy atom. The molecule has 0 bridgehead atoms. The Labute approximate surface area is 326 Å². The lowest BCUT2D eigenvalue weighted by atomic mass is 9.85. The molecule has 1 aromatic heterocycles. The molecule has 10 aromatic rings. The first-order valence-electron chi connectivity index (χ1n) is 29.4. The van der Waals surface area contributed by atoms with Gasteiger partial charge in [-0.05, 0) is 101 Å². The van der Waals surface area contributed by atoms with Crippen molar-refractivity contribution in [2.24, 2.45) is 0 Å². The predicted octanol–water partition coefficient (Wildman–Crippen LogP) is 13.7. The first-order valence-corrected chi connectivity index (χ1v) is 14.4. The van der Waals surface area contributed by atoms with Crippen LogP contribution in [0.4, 0.5) is 0 Å². The topological polar surface area (TPSA) is 13.1 Å². The smallest absolute Gasteiger partial charge is 0.136 e. The Kier molecular flexibility index (Phi) is 2.50. The lowest BCUT2D eigenvalue weighted by Gasteiger charge is -2.18. The summed E-state index contributed by atoms with van der Waals surface area (Å²) >= 11 is 0. The molecule has 0 aliphatic rings. The van der Waals surface area contributed by atoms with Crippen LogP contribution in [-0.4, -0.2) is 0 Å². The van der Waals surface area contributed by atoms with Gasteiger partial charge in [0.1, 0.15) is 11.2 Å². The molecule has 49 heavy (non-hydrogen) atoms. The minimum atomic E-state index is -1.13. The van der Waals surface area contributed by atoms with E-state index in [1.54, 1.807) is 0 Å². The van der Waals surface area contributed by atoms with Gasteiger partial charge >= 0.3 is 0 Å². The van der Waals surface area contributed by atoms with Crippen molar-refractivity contribution in [3.63, 3.8) is 0 Å². The molecule has 1 nitrogen and oxygen atoms in total. The standard InChI is InChI=1S/C48H30O/c1-2-10-31(11-3-1)32-18-22-34(23-19-32)47-39-14-6-8-16-41(39)48(42-17-9-7-15-40(42)47)35-24-20-33(21-25-35)38-26-27-45-43(29-38)44-28-36-12-4-5-13-37(36)30-46(44)49-45/h1-30H/i1D,2D,3D,4D,5D,6D,7D,8D,9D,10D,11D,12D,13D,14D,15D,16D,17D,18D,19D,20D,21D,22D,23D,24D,25D,26D,27D,28D,29D,30D. The molecule has 0 aliphatic heterocycles. The Bertz CT molecular complexity index is 4430. The Morgan fingerprint density at radius 3 is 1.27 bits per heavy atom. The van der Waals surface area contributed by atoms with Gasteiger partial charge in [0.05, 0.1) is 41.1 Å². The van der Waals surface area contributed by atoms with Crippen LogP contribution in [0.25, 0.3) is 98.8 Å². The molecule has 0 amide bonds. The fourth-order valence-electron chi connectivity index (χ4n) is 5.61. The van der Waals surface area contributed by atoms with E-state index in [0.29, 0.717) is 0 Å². The largest absolute Gasteiger partial charge is 0.456 e. The minimum absolute atomic E-state index is 0.433. The van der Waals surface area contributed by atoms with Crippen molar-refractivity contribution in [2.45, 2.75) is 0 Å². The maximum Gasteiger partial charge on any atom is 0.136 e. The van der Waals surface area contributed by atoms with Crippen molar-refractivity contribution in [1.82, 2.24) is 0 Å². The van der Waals surface area contributed by atoms with Crippen LogP contribution in [0.15, 0.2) is 186 Å². The van der Waals surface area contributed by atoms with Crippen molar-refractivity contribution in [3.8, 4) is 44.5 Å². The lowest BCUT2D eigenvalue weighted by molar-refractivity contribution is 0.669. The normalized spacial score (nSPS) is 20.2. The zero-order valence-corrected chi connectivity index (χ0v) is 24.4. The summed E-state index contributed by atoms with van der Waals surface area (Å²) in [5.74, 6) is 0. The van der Waals surface area contributed by atoms with Crippen LogP contribution in [0.3, 0.4) is 0 Å². The van der Waals surface area contributed by atoms with Crippen molar-refractivity contribution >= 4 is 54.3 Å². The molecule has 0 radical (unpaired) electrons. The number of hydrogen-bond donors (Lipinski definition) is 0. The summed E-state index contributed by atoms with van der Waals surface area (Å²) in [4.78, 5) is 0. The number of rotatable bonds is 4. The van der Waals surface area contributed by atoms with Gasteiger partial charge in [-0.2, -0.15) is 0 Å². The highest BCUT2D eigenvalue weighted by molar-refractivity contribution is 6.21. The Morgan fingerprint density at radius 2 is 0.694 bits per heavy atom.